The lowest BCUT2D eigenvalue weighted by Crippen LogP contribution is -2.07. The molecular formula is C6H7O4. The average Bonchev–Trinajstić information content (AvgIpc) is 1.81. The fourth-order valence-electron chi connectivity index (χ4n) is 0.402. The van der Waals surface area contributed by atoms with Gasteiger partial charge in [0.2, 0.25) is 0 Å². The van der Waals surface area contributed by atoms with Crippen LogP contribution in [0.5, 0.6) is 0 Å². The highest BCUT2D eigenvalue weighted by Crippen LogP contribution is 1.98. The van der Waals surface area contributed by atoms with Crippen molar-refractivity contribution >= 4 is 11.9 Å². The van der Waals surface area contributed by atoms with E-state index in [0.29, 0.717) is 6.42 Å². The summed E-state index contributed by atoms with van der Waals surface area (Å²) in [4.78, 5) is 20.0. The van der Waals surface area contributed by atoms with Crippen LogP contribution in [0.25, 0.3) is 0 Å². The van der Waals surface area contributed by atoms with Crippen molar-refractivity contribution in [2.45, 2.75) is 6.92 Å². The van der Waals surface area contributed by atoms with Crippen LogP contribution in [-0.4, -0.2) is 22.2 Å². The van der Waals surface area contributed by atoms with Gasteiger partial charge in [-0.2, -0.15) is 0 Å². The smallest absolute Gasteiger partial charge is 0.332 e. The topological polar surface area (TPSA) is 74.6 Å². The third-order valence-electron chi connectivity index (χ3n) is 0.837. The van der Waals surface area contributed by atoms with E-state index >= 15 is 0 Å². The molecule has 0 aliphatic rings. The molecule has 0 bridgehead atoms. The molecule has 0 atom stereocenters. The Hall–Kier alpha value is -1.32. The second kappa shape index (κ2) is 3.66. The molecule has 0 amide bonds. The number of rotatable bonds is 3. The van der Waals surface area contributed by atoms with E-state index in [1.165, 1.54) is 13.0 Å². The van der Waals surface area contributed by atoms with Gasteiger partial charge < -0.3 is 10.2 Å². The number of allylic oxidation sites excluding steroid dienone is 1. The Balaban J connectivity index is 4.12. The van der Waals surface area contributed by atoms with Crippen LogP contribution in [0.15, 0.2) is 11.6 Å². The van der Waals surface area contributed by atoms with E-state index in [1.807, 2.05) is 0 Å². The summed E-state index contributed by atoms with van der Waals surface area (Å²) in [6.07, 6.45) is 1.86. The molecule has 0 aromatic rings. The maximum Gasteiger partial charge on any atom is 0.332 e. The van der Waals surface area contributed by atoms with Crippen LogP contribution in [0.1, 0.15) is 6.92 Å². The fourth-order valence-corrected chi connectivity index (χ4v) is 0.402. The monoisotopic (exact) mass is 143 g/mol. The molecule has 0 heterocycles. The Labute approximate surface area is 57.8 Å². The van der Waals surface area contributed by atoms with Crippen molar-refractivity contribution in [2.24, 2.45) is 0 Å². The lowest BCUT2D eigenvalue weighted by molar-refractivity contribution is -0.136. The zero-order chi connectivity index (χ0) is 8.15. The summed E-state index contributed by atoms with van der Waals surface area (Å²) >= 11 is 0. The molecule has 1 radical (unpaired) electrons. The Kier molecular flexibility index (Phi) is 3.17. The molecule has 0 aliphatic heterocycles. The number of carbonyl (C=O) groups is 2. The largest absolute Gasteiger partial charge is 0.481 e. The molecule has 0 spiro atoms. The van der Waals surface area contributed by atoms with E-state index in [1.54, 1.807) is 0 Å². The quantitative estimate of drug-likeness (QED) is 0.557. The third-order valence-corrected chi connectivity index (χ3v) is 0.837. The third kappa shape index (κ3) is 2.86. The Morgan fingerprint density at radius 2 is 1.80 bits per heavy atom. The van der Waals surface area contributed by atoms with Crippen LogP contribution in [0.2, 0.25) is 0 Å². The van der Waals surface area contributed by atoms with Crippen molar-refractivity contribution < 1.29 is 19.8 Å². The maximum absolute atomic E-state index is 10.1. The summed E-state index contributed by atoms with van der Waals surface area (Å²) in [5.41, 5.74) is -0.215. The summed E-state index contributed by atoms with van der Waals surface area (Å²) in [6.45, 7) is 1.46. The molecule has 0 aromatic heterocycles. The van der Waals surface area contributed by atoms with Crippen molar-refractivity contribution in [2.75, 3.05) is 0 Å². The Morgan fingerprint density at radius 1 is 1.30 bits per heavy atom. The predicted molar refractivity (Wildman–Crippen MR) is 33.3 cm³/mol. The van der Waals surface area contributed by atoms with Crippen molar-refractivity contribution in [1.82, 2.24) is 0 Å². The van der Waals surface area contributed by atoms with Gasteiger partial charge in [-0.3, -0.25) is 4.79 Å². The molecule has 0 aliphatic carbocycles. The first-order valence-corrected chi connectivity index (χ1v) is 2.55. The van der Waals surface area contributed by atoms with Crippen LogP contribution in [0.3, 0.4) is 0 Å². The SMILES string of the molecule is CC=C([CH]C(=O)O)C(=O)O. The molecule has 4 heteroatoms. The molecule has 4 nitrogen and oxygen atoms in total. The van der Waals surface area contributed by atoms with Crippen molar-refractivity contribution in [1.29, 1.82) is 0 Å². The minimum absolute atomic E-state index is 0.215. The highest BCUT2D eigenvalue weighted by molar-refractivity contribution is 5.98. The minimum Gasteiger partial charge on any atom is -0.481 e. The normalized spacial score (nSPS) is 11.1. The highest BCUT2D eigenvalue weighted by atomic mass is 16.4. The summed E-state index contributed by atoms with van der Waals surface area (Å²) in [6, 6.07) is 0. The van der Waals surface area contributed by atoms with Gasteiger partial charge in [0.1, 0.15) is 6.42 Å². The van der Waals surface area contributed by atoms with Crippen molar-refractivity contribution in [3.8, 4) is 0 Å². The number of carboxylic acids is 2. The Morgan fingerprint density at radius 3 is 1.90 bits per heavy atom. The number of hydrogen-bond acceptors (Lipinski definition) is 2. The van der Waals surface area contributed by atoms with E-state index < -0.39 is 11.9 Å². The van der Waals surface area contributed by atoms with Gasteiger partial charge in [-0.05, 0) is 6.92 Å². The van der Waals surface area contributed by atoms with E-state index in [4.69, 9.17) is 10.2 Å². The Bertz CT molecular complexity index is 180. The summed E-state index contributed by atoms with van der Waals surface area (Å²) < 4.78 is 0. The molecule has 10 heavy (non-hydrogen) atoms. The van der Waals surface area contributed by atoms with E-state index in [-0.39, 0.29) is 5.57 Å². The van der Waals surface area contributed by atoms with Gasteiger partial charge in [-0.25, -0.2) is 4.79 Å². The van der Waals surface area contributed by atoms with Gasteiger partial charge in [0.25, 0.3) is 0 Å². The fraction of sp³-hybridized carbons (Fsp3) is 0.167. The minimum atomic E-state index is -1.25. The maximum atomic E-state index is 10.1. The summed E-state index contributed by atoms with van der Waals surface area (Å²) in [5.74, 6) is -2.49. The first-order valence-electron chi connectivity index (χ1n) is 2.55. The summed E-state index contributed by atoms with van der Waals surface area (Å²) in [5, 5.41) is 16.4. The number of aliphatic carboxylic acids is 2. The molecule has 0 rings (SSSR count). The van der Waals surface area contributed by atoms with Gasteiger partial charge in [-0.1, -0.05) is 6.08 Å². The molecule has 0 fully saturated rings. The molecule has 0 aromatic carbocycles. The molecule has 0 saturated heterocycles. The number of hydrogen-bond donors (Lipinski definition) is 2. The standard InChI is InChI=1S/C6H7O4/c1-2-4(6(9)10)3-5(7)8/h2-3H,1H3,(H,7,8)(H,9,10). The van der Waals surface area contributed by atoms with Gasteiger partial charge in [0, 0.05) is 5.57 Å². The predicted octanol–water partition coefficient (Wildman–Crippen LogP) is 0.306. The lowest BCUT2D eigenvalue weighted by Gasteiger charge is -1.93. The van der Waals surface area contributed by atoms with Crippen molar-refractivity contribution in [3.63, 3.8) is 0 Å². The first-order chi connectivity index (χ1) is 4.57. The van der Waals surface area contributed by atoms with E-state index in [9.17, 15) is 9.59 Å². The number of carboxylic acid groups (broad SMARTS) is 2. The van der Waals surface area contributed by atoms with Crippen LogP contribution in [-0.2, 0) is 9.59 Å². The van der Waals surface area contributed by atoms with Crippen LogP contribution in [0, 0.1) is 6.42 Å². The van der Waals surface area contributed by atoms with Crippen LogP contribution in [0.4, 0.5) is 0 Å². The lowest BCUT2D eigenvalue weighted by atomic mass is 10.2. The van der Waals surface area contributed by atoms with E-state index in [0.717, 1.165) is 0 Å². The molecule has 2 N–H and O–H groups in total. The van der Waals surface area contributed by atoms with Crippen molar-refractivity contribution in [3.05, 3.63) is 18.1 Å². The first kappa shape index (κ1) is 8.68. The summed E-state index contributed by atoms with van der Waals surface area (Å²) in [7, 11) is 0. The zero-order valence-electron chi connectivity index (χ0n) is 5.37. The molecule has 55 valence electrons. The van der Waals surface area contributed by atoms with Gasteiger partial charge in [-0.15, -0.1) is 0 Å². The molecular weight excluding hydrogens is 136 g/mol. The van der Waals surface area contributed by atoms with Gasteiger partial charge in [0.15, 0.2) is 0 Å². The molecule has 0 saturated carbocycles. The molecule has 0 unspecified atom stereocenters. The zero-order valence-corrected chi connectivity index (χ0v) is 5.37. The van der Waals surface area contributed by atoms with Gasteiger partial charge in [0.05, 0.1) is 0 Å². The average molecular weight is 143 g/mol. The second-order valence-corrected chi connectivity index (χ2v) is 1.53. The highest BCUT2D eigenvalue weighted by Gasteiger charge is 2.09. The van der Waals surface area contributed by atoms with Crippen LogP contribution < -0.4 is 0 Å². The second-order valence-electron chi connectivity index (χ2n) is 1.53. The van der Waals surface area contributed by atoms with E-state index in [2.05, 4.69) is 0 Å². The van der Waals surface area contributed by atoms with Gasteiger partial charge >= 0.3 is 11.9 Å². The van der Waals surface area contributed by atoms with Crippen LogP contribution >= 0.6 is 0 Å².